The normalized spacial score (nSPS) is 11.5. The van der Waals surface area contributed by atoms with Gasteiger partial charge in [0.2, 0.25) is 5.13 Å². The molecule has 0 fully saturated rings. The van der Waals surface area contributed by atoms with E-state index in [0.29, 0.717) is 0 Å². The number of hydrogen-bond acceptors (Lipinski definition) is 4. The van der Waals surface area contributed by atoms with Crippen LogP contribution in [0.3, 0.4) is 0 Å². The fourth-order valence-corrected chi connectivity index (χ4v) is 2.82. The summed E-state index contributed by atoms with van der Waals surface area (Å²) < 4.78 is 1.18. The number of para-hydroxylation sites is 1. The standard InChI is InChI=1S/C12H8N2S2/c1-2-4-11-10(3-1)14-12(16-11)13-7-9-5-6-15-8-9/h1-8H/b13-7+. The zero-order valence-corrected chi connectivity index (χ0v) is 9.96. The Balaban J connectivity index is 1.95. The molecule has 3 rings (SSSR count). The third kappa shape index (κ3) is 1.89. The summed E-state index contributed by atoms with van der Waals surface area (Å²) in [5.41, 5.74) is 2.15. The maximum absolute atomic E-state index is 4.44. The third-order valence-corrected chi connectivity index (χ3v) is 3.80. The van der Waals surface area contributed by atoms with Gasteiger partial charge in [0.1, 0.15) is 0 Å². The number of thiazole rings is 1. The first kappa shape index (κ1) is 9.69. The molecule has 2 nitrogen and oxygen atoms in total. The highest BCUT2D eigenvalue weighted by molar-refractivity contribution is 7.22. The number of thiophene rings is 1. The third-order valence-electron chi connectivity index (χ3n) is 2.15. The minimum Gasteiger partial charge on any atom is -0.227 e. The second-order valence-electron chi connectivity index (χ2n) is 3.28. The Hall–Kier alpha value is -1.52. The van der Waals surface area contributed by atoms with Crippen LogP contribution in [-0.4, -0.2) is 11.2 Å². The minimum absolute atomic E-state index is 0.812. The molecule has 0 spiro atoms. The van der Waals surface area contributed by atoms with Gasteiger partial charge in [0.15, 0.2) is 0 Å². The average molecular weight is 244 g/mol. The van der Waals surface area contributed by atoms with Crippen LogP contribution < -0.4 is 0 Å². The maximum Gasteiger partial charge on any atom is 0.210 e. The van der Waals surface area contributed by atoms with Gasteiger partial charge in [0, 0.05) is 11.8 Å². The molecule has 1 aromatic carbocycles. The molecule has 0 saturated carbocycles. The van der Waals surface area contributed by atoms with Gasteiger partial charge in [-0.15, -0.1) is 0 Å². The number of nitrogens with zero attached hydrogens (tertiary/aromatic N) is 2. The second-order valence-corrected chi connectivity index (χ2v) is 5.07. The van der Waals surface area contributed by atoms with Crippen molar-refractivity contribution in [1.29, 1.82) is 0 Å². The van der Waals surface area contributed by atoms with Gasteiger partial charge >= 0.3 is 0 Å². The van der Waals surface area contributed by atoms with Crippen LogP contribution in [0.1, 0.15) is 5.56 Å². The van der Waals surface area contributed by atoms with Crippen LogP contribution in [0.4, 0.5) is 5.13 Å². The largest absolute Gasteiger partial charge is 0.227 e. The molecule has 0 unspecified atom stereocenters. The lowest BCUT2D eigenvalue weighted by molar-refractivity contribution is 1.41. The molecule has 0 saturated heterocycles. The molecule has 3 aromatic rings. The summed E-state index contributed by atoms with van der Waals surface area (Å²) in [7, 11) is 0. The number of aromatic nitrogens is 1. The first-order chi connectivity index (χ1) is 7.92. The Morgan fingerprint density at radius 2 is 2.12 bits per heavy atom. The van der Waals surface area contributed by atoms with E-state index in [2.05, 4.69) is 21.4 Å². The molecule has 0 amide bonds. The summed E-state index contributed by atoms with van der Waals surface area (Å²) >= 11 is 3.28. The average Bonchev–Trinajstić information content (AvgIpc) is 2.95. The fraction of sp³-hybridized carbons (Fsp3) is 0. The van der Waals surface area contributed by atoms with E-state index in [9.17, 15) is 0 Å². The lowest BCUT2D eigenvalue weighted by atomic mass is 10.3. The maximum atomic E-state index is 4.44. The molecule has 0 bridgehead atoms. The topological polar surface area (TPSA) is 25.2 Å². The van der Waals surface area contributed by atoms with Crippen molar-refractivity contribution in [2.24, 2.45) is 4.99 Å². The van der Waals surface area contributed by atoms with Crippen molar-refractivity contribution in [2.45, 2.75) is 0 Å². The van der Waals surface area contributed by atoms with Crippen molar-refractivity contribution in [1.82, 2.24) is 4.98 Å². The number of aliphatic imine (C=N–C) groups is 1. The Labute approximate surface area is 101 Å². The first-order valence-corrected chi connectivity index (χ1v) is 6.59. The molecule has 0 radical (unpaired) electrons. The van der Waals surface area contributed by atoms with Gasteiger partial charge in [-0.25, -0.2) is 9.98 Å². The summed E-state index contributed by atoms with van der Waals surface area (Å²) in [6, 6.07) is 10.1. The van der Waals surface area contributed by atoms with Gasteiger partial charge in [-0.2, -0.15) is 11.3 Å². The molecule has 0 aliphatic rings. The van der Waals surface area contributed by atoms with E-state index in [1.54, 1.807) is 22.7 Å². The smallest absolute Gasteiger partial charge is 0.210 e. The summed E-state index contributed by atoms with van der Waals surface area (Å²) in [6.07, 6.45) is 1.86. The van der Waals surface area contributed by atoms with Crippen LogP contribution in [0.25, 0.3) is 10.2 Å². The van der Waals surface area contributed by atoms with Crippen LogP contribution in [-0.2, 0) is 0 Å². The van der Waals surface area contributed by atoms with E-state index in [-0.39, 0.29) is 0 Å². The monoisotopic (exact) mass is 244 g/mol. The van der Waals surface area contributed by atoms with Gasteiger partial charge in [-0.1, -0.05) is 23.5 Å². The zero-order valence-electron chi connectivity index (χ0n) is 8.33. The molecular formula is C12H8N2S2. The van der Waals surface area contributed by atoms with Gasteiger partial charge in [0.05, 0.1) is 10.2 Å². The van der Waals surface area contributed by atoms with E-state index in [4.69, 9.17) is 0 Å². The van der Waals surface area contributed by atoms with Crippen molar-refractivity contribution >= 4 is 44.2 Å². The summed E-state index contributed by atoms with van der Waals surface area (Å²) in [5, 5.41) is 4.92. The van der Waals surface area contributed by atoms with Crippen LogP contribution in [0.15, 0.2) is 46.1 Å². The number of hydrogen-bond donors (Lipinski definition) is 0. The Kier molecular flexibility index (Phi) is 2.52. The first-order valence-electron chi connectivity index (χ1n) is 4.84. The second kappa shape index (κ2) is 4.15. The van der Waals surface area contributed by atoms with Crippen molar-refractivity contribution in [2.75, 3.05) is 0 Å². The van der Waals surface area contributed by atoms with E-state index in [1.807, 2.05) is 35.9 Å². The molecular weight excluding hydrogens is 236 g/mol. The van der Waals surface area contributed by atoms with Crippen LogP contribution in [0.2, 0.25) is 0 Å². The highest BCUT2D eigenvalue weighted by Gasteiger charge is 2.00. The fourth-order valence-electron chi connectivity index (χ4n) is 1.39. The molecule has 4 heteroatoms. The van der Waals surface area contributed by atoms with Gasteiger partial charge in [-0.05, 0) is 29.0 Å². The molecule has 0 N–H and O–H groups in total. The number of fused-ring (bicyclic) bond motifs is 1. The van der Waals surface area contributed by atoms with Gasteiger partial charge in [0.25, 0.3) is 0 Å². The van der Waals surface area contributed by atoms with E-state index in [1.165, 1.54) is 4.70 Å². The molecule has 78 valence electrons. The Morgan fingerprint density at radius 1 is 1.19 bits per heavy atom. The predicted octanol–water partition coefficient (Wildman–Crippen LogP) is 4.11. The molecule has 2 heterocycles. The van der Waals surface area contributed by atoms with Gasteiger partial charge in [-0.3, -0.25) is 0 Å². The molecule has 16 heavy (non-hydrogen) atoms. The molecule has 0 aliphatic carbocycles. The Morgan fingerprint density at radius 3 is 2.94 bits per heavy atom. The van der Waals surface area contributed by atoms with E-state index in [0.717, 1.165) is 16.2 Å². The predicted molar refractivity (Wildman–Crippen MR) is 71.2 cm³/mol. The zero-order chi connectivity index (χ0) is 10.8. The summed E-state index contributed by atoms with van der Waals surface area (Å²) in [4.78, 5) is 8.81. The van der Waals surface area contributed by atoms with Crippen molar-refractivity contribution in [3.8, 4) is 0 Å². The van der Waals surface area contributed by atoms with E-state index < -0.39 is 0 Å². The molecule has 0 atom stereocenters. The summed E-state index contributed by atoms with van der Waals surface area (Å²) in [5.74, 6) is 0. The highest BCUT2D eigenvalue weighted by Crippen LogP contribution is 2.27. The molecule has 2 aromatic heterocycles. The van der Waals surface area contributed by atoms with Gasteiger partial charge < -0.3 is 0 Å². The minimum atomic E-state index is 0.812. The van der Waals surface area contributed by atoms with E-state index >= 15 is 0 Å². The SMILES string of the molecule is C(=N\c1nc2ccccc2s1)/c1ccsc1. The van der Waals surface area contributed by atoms with Crippen molar-refractivity contribution in [3.63, 3.8) is 0 Å². The lowest BCUT2D eigenvalue weighted by Gasteiger charge is -1.81. The van der Waals surface area contributed by atoms with Crippen LogP contribution >= 0.6 is 22.7 Å². The quantitative estimate of drug-likeness (QED) is 0.623. The lowest BCUT2D eigenvalue weighted by Crippen LogP contribution is -1.72. The van der Waals surface area contributed by atoms with Crippen LogP contribution in [0, 0.1) is 0 Å². The van der Waals surface area contributed by atoms with Crippen molar-refractivity contribution in [3.05, 3.63) is 46.7 Å². The highest BCUT2D eigenvalue weighted by atomic mass is 32.1. The Bertz CT molecular complexity index is 590. The number of rotatable bonds is 2. The van der Waals surface area contributed by atoms with Crippen molar-refractivity contribution < 1.29 is 0 Å². The number of benzene rings is 1. The molecule has 0 aliphatic heterocycles. The summed E-state index contributed by atoms with van der Waals surface area (Å²) in [6.45, 7) is 0. The van der Waals surface area contributed by atoms with Crippen LogP contribution in [0.5, 0.6) is 0 Å².